The van der Waals surface area contributed by atoms with Crippen LogP contribution in [0.4, 0.5) is 0 Å². The number of aromatic nitrogens is 4. The second-order valence-corrected chi connectivity index (χ2v) is 9.29. The summed E-state index contributed by atoms with van der Waals surface area (Å²) in [6, 6.07) is 16.8. The van der Waals surface area contributed by atoms with Crippen LogP contribution in [0.25, 0.3) is 5.69 Å². The largest absolute Gasteiger partial charge is 0.467 e. The first-order valence-corrected chi connectivity index (χ1v) is 12.0. The minimum Gasteiger partial charge on any atom is -0.467 e. The molecule has 0 saturated carbocycles. The monoisotopic (exact) mass is 492 g/mol. The topological polar surface area (TPSA) is 89.4 Å². The second kappa shape index (κ2) is 9.44. The molecule has 1 atom stereocenters. The number of hydrogen-bond acceptors (Lipinski definition) is 7. The molecule has 1 aliphatic rings. The maximum atomic E-state index is 13.3. The van der Waals surface area contributed by atoms with Crippen LogP contribution < -0.4 is 0 Å². The summed E-state index contributed by atoms with van der Waals surface area (Å²) in [5.74, 6) is 0.650. The molecule has 172 valence electrons. The van der Waals surface area contributed by atoms with E-state index in [2.05, 4.69) is 20.6 Å². The molecule has 8 nitrogen and oxygen atoms in total. The highest BCUT2D eigenvalue weighted by Crippen LogP contribution is 2.34. The first-order chi connectivity index (χ1) is 16.5. The first kappa shape index (κ1) is 22.4. The molecule has 2 aromatic carbocycles. The van der Waals surface area contributed by atoms with E-state index in [9.17, 15) is 4.79 Å². The van der Waals surface area contributed by atoms with Crippen LogP contribution in [0.3, 0.4) is 0 Å². The number of thioether (sulfide) groups is 1. The van der Waals surface area contributed by atoms with E-state index in [0.717, 1.165) is 28.1 Å². The van der Waals surface area contributed by atoms with Gasteiger partial charge in [0.15, 0.2) is 0 Å². The number of hydrogen-bond donors (Lipinski definition) is 0. The highest BCUT2D eigenvalue weighted by Gasteiger charge is 2.35. The van der Waals surface area contributed by atoms with Crippen LogP contribution in [0, 0.1) is 13.8 Å². The van der Waals surface area contributed by atoms with E-state index in [-0.39, 0.29) is 17.7 Å². The average molecular weight is 493 g/mol. The lowest BCUT2D eigenvalue weighted by molar-refractivity contribution is -0.130. The van der Waals surface area contributed by atoms with Gasteiger partial charge in [-0.25, -0.2) is 5.01 Å². The van der Waals surface area contributed by atoms with Gasteiger partial charge in [0.2, 0.25) is 5.16 Å². The molecule has 10 heteroatoms. The Morgan fingerprint density at radius 2 is 1.97 bits per heavy atom. The number of nitrogens with zero attached hydrogens (tertiary/aromatic N) is 6. The number of amides is 1. The van der Waals surface area contributed by atoms with Gasteiger partial charge in [-0.2, -0.15) is 9.78 Å². The molecule has 0 radical (unpaired) electrons. The van der Waals surface area contributed by atoms with E-state index in [0.29, 0.717) is 22.4 Å². The van der Waals surface area contributed by atoms with Crippen LogP contribution in [-0.4, -0.2) is 42.6 Å². The lowest BCUT2D eigenvalue weighted by atomic mass is 10.0. The molecule has 0 saturated heterocycles. The van der Waals surface area contributed by atoms with Gasteiger partial charge >= 0.3 is 0 Å². The van der Waals surface area contributed by atoms with E-state index in [1.54, 1.807) is 10.9 Å². The third-order valence-electron chi connectivity index (χ3n) is 5.78. The van der Waals surface area contributed by atoms with Crippen molar-refractivity contribution in [2.75, 3.05) is 5.75 Å². The lowest BCUT2D eigenvalue weighted by Crippen LogP contribution is -2.28. The zero-order valence-electron chi connectivity index (χ0n) is 18.6. The molecular formula is C24H21ClN6O2S. The molecule has 1 unspecified atom stereocenters. The van der Waals surface area contributed by atoms with Crippen LogP contribution in [0.15, 0.2) is 75.5 Å². The van der Waals surface area contributed by atoms with E-state index in [4.69, 9.17) is 16.0 Å². The van der Waals surface area contributed by atoms with Crippen LogP contribution in [-0.2, 0) is 4.79 Å². The summed E-state index contributed by atoms with van der Waals surface area (Å²) >= 11 is 7.31. The maximum Gasteiger partial charge on any atom is 0.253 e. The van der Waals surface area contributed by atoms with Crippen molar-refractivity contribution in [2.45, 2.75) is 31.5 Å². The van der Waals surface area contributed by atoms with Gasteiger partial charge < -0.3 is 4.42 Å². The van der Waals surface area contributed by atoms with Crippen molar-refractivity contribution in [2.24, 2.45) is 5.10 Å². The molecule has 2 aromatic heterocycles. The summed E-state index contributed by atoms with van der Waals surface area (Å²) in [6.07, 6.45) is 2.15. The predicted molar refractivity (Wildman–Crippen MR) is 130 cm³/mol. The molecule has 3 heterocycles. The number of halogens is 1. The Morgan fingerprint density at radius 1 is 1.15 bits per heavy atom. The molecule has 0 fully saturated rings. The predicted octanol–water partition coefficient (Wildman–Crippen LogP) is 5.00. The number of tetrazole rings is 1. The van der Waals surface area contributed by atoms with Gasteiger partial charge in [0.05, 0.1) is 23.4 Å². The first-order valence-electron chi connectivity index (χ1n) is 10.7. The molecular weight excluding hydrogens is 472 g/mol. The van der Waals surface area contributed by atoms with Gasteiger partial charge in [0.1, 0.15) is 11.8 Å². The smallest absolute Gasteiger partial charge is 0.253 e. The normalized spacial score (nSPS) is 15.6. The van der Waals surface area contributed by atoms with Crippen LogP contribution >= 0.6 is 23.4 Å². The molecule has 0 spiro atoms. The minimum atomic E-state index is -0.316. The van der Waals surface area contributed by atoms with Gasteiger partial charge in [-0.15, -0.1) is 5.10 Å². The number of carbonyl (C=O) groups is 1. The van der Waals surface area contributed by atoms with Gasteiger partial charge in [-0.3, -0.25) is 4.79 Å². The zero-order valence-corrected chi connectivity index (χ0v) is 20.1. The number of hydrazone groups is 1. The van der Waals surface area contributed by atoms with E-state index in [1.165, 1.54) is 16.8 Å². The van der Waals surface area contributed by atoms with Crippen molar-refractivity contribution in [3.8, 4) is 5.69 Å². The van der Waals surface area contributed by atoms with Gasteiger partial charge in [0, 0.05) is 11.4 Å². The zero-order chi connectivity index (χ0) is 23.7. The summed E-state index contributed by atoms with van der Waals surface area (Å²) in [5, 5.41) is 19.4. The Labute approximate surface area is 205 Å². The molecule has 34 heavy (non-hydrogen) atoms. The molecule has 5 rings (SSSR count). The Hall–Kier alpha value is -3.43. The molecule has 4 aromatic rings. The quantitative estimate of drug-likeness (QED) is 0.352. The van der Waals surface area contributed by atoms with Crippen molar-refractivity contribution in [1.29, 1.82) is 0 Å². The summed E-state index contributed by atoms with van der Waals surface area (Å²) in [7, 11) is 0. The van der Waals surface area contributed by atoms with Crippen molar-refractivity contribution in [1.82, 2.24) is 25.2 Å². The van der Waals surface area contributed by atoms with Gasteiger partial charge in [-0.05, 0) is 71.3 Å². The summed E-state index contributed by atoms with van der Waals surface area (Å²) in [5.41, 5.74) is 4.83. The number of carbonyl (C=O) groups excluding carboxylic acids is 1. The second-order valence-electron chi connectivity index (χ2n) is 7.91. The third kappa shape index (κ3) is 4.36. The van der Waals surface area contributed by atoms with Crippen LogP contribution in [0.1, 0.15) is 34.9 Å². The van der Waals surface area contributed by atoms with Crippen molar-refractivity contribution < 1.29 is 9.21 Å². The lowest BCUT2D eigenvalue weighted by Gasteiger charge is -2.19. The minimum absolute atomic E-state index is 0.125. The molecule has 0 aliphatic carbocycles. The van der Waals surface area contributed by atoms with Crippen LogP contribution in [0.5, 0.6) is 0 Å². The van der Waals surface area contributed by atoms with E-state index in [1.807, 2.05) is 68.4 Å². The molecule has 0 N–H and O–H groups in total. The van der Waals surface area contributed by atoms with Crippen molar-refractivity contribution >= 4 is 35.0 Å². The SMILES string of the molecule is Cc1cccc(-n2nnnc2SCC(=O)N2N=C(c3ccc(Cl)cc3)CC2c2ccco2)c1C. The molecule has 1 aliphatic heterocycles. The van der Waals surface area contributed by atoms with Crippen molar-refractivity contribution in [3.63, 3.8) is 0 Å². The van der Waals surface area contributed by atoms with Gasteiger partial charge in [-0.1, -0.05) is 47.6 Å². The number of furan rings is 1. The highest BCUT2D eigenvalue weighted by molar-refractivity contribution is 7.99. The number of rotatable bonds is 6. The summed E-state index contributed by atoms with van der Waals surface area (Å²) in [6.45, 7) is 4.06. The number of aryl methyl sites for hydroxylation is 1. The summed E-state index contributed by atoms with van der Waals surface area (Å²) < 4.78 is 7.28. The van der Waals surface area contributed by atoms with Crippen molar-refractivity contribution in [3.05, 3.63) is 88.3 Å². The Balaban J connectivity index is 1.37. The third-order valence-corrected chi connectivity index (χ3v) is 6.94. The fourth-order valence-corrected chi connectivity index (χ4v) is 4.70. The van der Waals surface area contributed by atoms with E-state index >= 15 is 0 Å². The molecule has 0 bridgehead atoms. The number of benzene rings is 2. The maximum absolute atomic E-state index is 13.3. The Kier molecular flexibility index (Phi) is 6.21. The average Bonchev–Trinajstić information content (AvgIpc) is 3.60. The van der Waals surface area contributed by atoms with Crippen LogP contribution in [0.2, 0.25) is 5.02 Å². The fourth-order valence-electron chi connectivity index (χ4n) is 3.84. The Morgan fingerprint density at radius 3 is 2.74 bits per heavy atom. The van der Waals surface area contributed by atoms with E-state index < -0.39 is 0 Å². The summed E-state index contributed by atoms with van der Waals surface area (Å²) in [4.78, 5) is 13.3. The van der Waals surface area contributed by atoms with Gasteiger partial charge in [0.25, 0.3) is 5.91 Å². The standard InChI is InChI=1S/C24H21ClN6O2S/c1-15-5-3-6-20(16(15)2)31-24(26-28-29-31)34-14-23(32)30-21(22-7-4-12-33-22)13-19(27-30)17-8-10-18(25)11-9-17/h3-12,21H,13-14H2,1-2H3. The molecule has 1 amide bonds. The fraction of sp³-hybridized carbons (Fsp3) is 0.208. The highest BCUT2D eigenvalue weighted by atomic mass is 35.5. The Bertz CT molecular complexity index is 1350.